The van der Waals surface area contributed by atoms with E-state index in [9.17, 15) is 27.6 Å². The van der Waals surface area contributed by atoms with Crippen LogP contribution in [-0.2, 0) is 4.79 Å². The van der Waals surface area contributed by atoms with E-state index in [1.54, 1.807) is 6.92 Å². The highest BCUT2D eigenvalue weighted by Crippen LogP contribution is 2.55. The number of carbonyl (C=O) groups excluding carboxylic acids is 3. The predicted molar refractivity (Wildman–Crippen MR) is 97.8 cm³/mol. The van der Waals surface area contributed by atoms with Gasteiger partial charge in [-0.25, -0.2) is 9.69 Å². The minimum atomic E-state index is -4.86. The first-order chi connectivity index (χ1) is 14.1. The summed E-state index contributed by atoms with van der Waals surface area (Å²) in [4.78, 5) is 44.2. The number of nitrogens with zero attached hydrogens (tertiary/aromatic N) is 3. The maximum Gasteiger partial charge on any atom is 0.573 e. The number of benzene rings is 1. The number of ether oxygens (including phenoxy) is 1. The zero-order valence-electron chi connectivity index (χ0n) is 15.5. The van der Waals surface area contributed by atoms with Crippen molar-refractivity contribution in [3.05, 3.63) is 48.3 Å². The van der Waals surface area contributed by atoms with Crippen LogP contribution in [-0.4, -0.2) is 34.7 Å². The molecular formula is C19H15F3N4O4. The van der Waals surface area contributed by atoms with E-state index in [1.807, 2.05) is 0 Å². The standard InChI is InChI=1S/C19H15F3N4O4/c1-10-8-18(10)16(28)25(11-2-4-12(5-3-11)30-19(20,21)22)17(29)26(18)14-6-7-24-9-13(14)15(23)27/h2-7,9-10H,8H2,1H3,(H2,23,27). The van der Waals surface area contributed by atoms with Crippen molar-refractivity contribution in [3.8, 4) is 5.75 Å². The molecule has 1 aliphatic carbocycles. The van der Waals surface area contributed by atoms with Gasteiger partial charge in [-0.1, -0.05) is 6.92 Å². The maximum atomic E-state index is 13.3. The molecule has 2 unspecified atom stereocenters. The number of nitrogens with two attached hydrogens (primary N) is 1. The third-order valence-corrected chi connectivity index (χ3v) is 5.26. The van der Waals surface area contributed by atoms with Crippen molar-refractivity contribution in [2.24, 2.45) is 11.7 Å². The summed E-state index contributed by atoms with van der Waals surface area (Å²) < 4.78 is 40.9. The lowest BCUT2D eigenvalue weighted by atomic mass is 10.1. The van der Waals surface area contributed by atoms with Crippen LogP contribution in [0.5, 0.6) is 5.75 Å². The lowest BCUT2D eigenvalue weighted by Gasteiger charge is -2.23. The number of hydrogen-bond acceptors (Lipinski definition) is 5. The summed E-state index contributed by atoms with van der Waals surface area (Å²) in [5, 5.41) is 0. The summed E-state index contributed by atoms with van der Waals surface area (Å²) in [6.45, 7) is 1.78. The molecule has 0 radical (unpaired) electrons. The van der Waals surface area contributed by atoms with Crippen LogP contribution in [0, 0.1) is 5.92 Å². The summed E-state index contributed by atoms with van der Waals surface area (Å²) in [5.41, 5.74) is 4.42. The van der Waals surface area contributed by atoms with E-state index in [2.05, 4.69) is 9.72 Å². The van der Waals surface area contributed by atoms with Gasteiger partial charge in [0.2, 0.25) is 0 Å². The van der Waals surface area contributed by atoms with Crippen LogP contribution in [0.2, 0.25) is 0 Å². The van der Waals surface area contributed by atoms with E-state index in [0.29, 0.717) is 6.42 Å². The minimum Gasteiger partial charge on any atom is -0.406 e. The molecule has 156 valence electrons. The molecule has 2 N–H and O–H groups in total. The molecule has 2 aromatic rings. The quantitative estimate of drug-likeness (QED) is 0.766. The topological polar surface area (TPSA) is 106 Å². The first kappa shape index (κ1) is 19.7. The van der Waals surface area contributed by atoms with E-state index >= 15 is 0 Å². The second-order valence-electron chi connectivity index (χ2n) is 7.09. The predicted octanol–water partition coefficient (Wildman–Crippen LogP) is 2.83. The third-order valence-electron chi connectivity index (χ3n) is 5.26. The average molecular weight is 420 g/mol. The molecule has 8 nitrogen and oxygen atoms in total. The molecule has 2 fully saturated rings. The Morgan fingerprint density at radius 3 is 2.40 bits per heavy atom. The van der Waals surface area contributed by atoms with Crippen molar-refractivity contribution < 1.29 is 32.3 Å². The highest BCUT2D eigenvalue weighted by molar-refractivity contribution is 6.32. The molecule has 1 aromatic heterocycles. The summed E-state index contributed by atoms with van der Waals surface area (Å²) >= 11 is 0. The van der Waals surface area contributed by atoms with Crippen LogP contribution in [0.25, 0.3) is 0 Å². The number of urea groups is 1. The first-order valence-electron chi connectivity index (χ1n) is 8.84. The molecule has 4 amide bonds. The van der Waals surface area contributed by atoms with E-state index in [0.717, 1.165) is 17.0 Å². The largest absolute Gasteiger partial charge is 0.573 e. The number of alkyl halides is 3. The number of pyridine rings is 1. The van der Waals surface area contributed by atoms with Crippen LogP contribution in [0.4, 0.5) is 29.3 Å². The van der Waals surface area contributed by atoms with Crippen molar-refractivity contribution in [1.29, 1.82) is 0 Å². The molecule has 1 spiro atoms. The molecule has 2 heterocycles. The molecule has 1 aromatic carbocycles. The number of rotatable bonds is 4. The highest BCUT2D eigenvalue weighted by Gasteiger charge is 2.70. The molecule has 2 aliphatic rings. The van der Waals surface area contributed by atoms with E-state index < -0.39 is 35.5 Å². The van der Waals surface area contributed by atoms with Crippen LogP contribution < -0.4 is 20.3 Å². The van der Waals surface area contributed by atoms with Crippen molar-refractivity contribution in [2.45, 2.75) is 25.2 Å². The van der Waals surface area contributed by atoms with Crippen LogP contribution in [0.1, 0.15) is 23.7 Å². The normalized spacial score (nSPS) is 23.3. The minimum absolute atomic E-state index is 0.0205. The van der Waals surface area contributed by atoms with Gasteiger partial charge in [-0.05, 0) is 42.7 Å². The molecule has 30 heavy (non-hydrogen) atoms. The number of hydrogen-bond donors (Lipinski definition) is 1. The number of anilines is 2. The van der Waals surface area contributed by atoms with Crippen molar-refractivity contribution in [1.82, 2.24) is 4.98 Å². The molecule has 1 aliphatic heterocycles. The van der Waals surface area contributed by atoms with E-state index in [4.69, 9.17) is 5.73 Å². The molecule has 11 heteroatoms. The molecule has 4 rings (SSSR count). The SMILES string of the molecule is CC1CC12C(=O)N(c1ccc(OC(F)(F)F)cc1)C(=O)N2c1ccncc1C(N)=O. The van der Waals surface area contributed by atoms with Crippen LogP contribution >= 0.6 is 0 Å². The van der Waals surface area contributed by atoms with Crippen LogP contribution in [0.15, 0.2) is 42.7 Å². The fourth-order valence-electron chi connectivity index (χ4n) is 3.78. The lowest BCUT2D eigenvalue weighted by molar-refractivity contribution is -0.274. The Morgan fingerprint density at radius 1 is 1.23 bits per heavy atom. The van der Waals surface area contributed by atoms with E-state index in [-0.39, 0.29) is 22.9 Å². The van der Waals surface area contributed by atoms with Gasteiger partial charge < -0.3 is 10.5 Å². The second-order valence-corrected chi connectivity index (χ2v) is 7.09. The molecule has 1 saturated heterocycles. The summed E-state index contributed by atoms with van der Waals surface area (Å²) in [6.07, 6.45) is -1.92. The van der Waals surface area contributed by atoms with Gasteiger partial charge in [0.25, 0.3) is 11.8 Å². The maximum absolute atomic E-state index is 13.3. The van der Waals surface area contributed by atoms with Crippen LogP contribution in [0.3, 0.4) is 0 Å². The number of imide groups is 1. The smallest absolute Gasteiger partial charge is 0.406 e. The van der Waals surface area contributed by atoms with Gasteiger partial charge in [0.1, 0.15) is 11.3 Å². The lowest BCUT2D eigenvalue weighted by Crippen LogP contribution is -2.40. The summed E-state index contributed by atoms with van der Waals surface area (Å²) in [6, 6.07) is 5.07. The number of halogens is 3. The zero-order valence-corrected chi connectivity index (χ0v) is 15.5. The number of aromatic nitrogens is 1. The molecule has 2 atom stereocenters. The Hall–Kier alpha value is -3.63. The average Bonchev–Trinajstić information content (AvgIpc) is 3.28. The van der Waals surface area contributed by atoms with Gasteiger partial charge in [0.15, 0.2) is 0 Å². The van der Waals surface area contributed by atoms with Gasteiger partial charge in [-0.2, -0.15) is 0 Å². The van der Waals surface area contributed by atoms with Crippen molar-refractivity contribution in [2.75, 3.05) is 9.80 Å². The fourth-order valence-corrected chi connectivity index (χ4v) is 3.78. The Labute approximate surface area is 168 Å². The Balaban J connectivity index is 1.74. The number of primary amides is 1. The zero-order chi connectivity index (χ0) is 21.8. The van der Waals surface area contributed by atoms with Crippen molar-refractivity contribution in [3.63, 3.8) is 0 Å². The molecule has 0 bridgehead atoms. The van der Waals surface area contributed by atoms with Gasteiger partial charge in [-0.3, -0.25) is 19.5 Å². The third kappa shape index (κ3) is 2.93. The van der Waals surface area contributed by atoms with Gasteiger partial charge in [0.05, 0.1) is 16.9 Å². The summed E-state index contributed by atoms with van der Waals surface area (Å²) in [7, 11) is 0. The second kappa shape index (κ2) is 6.44. The molecule has 1 saturated carbocycles. The highest BCUT2D eigenvalue weighted by atomic mass is 19.4. The van der Waals surface area contributed by atoms with Gasteiger partial charge in [0, 0.05) is 12.4 Å². The van der Waals surface area contributed by atoms with Gasteiger partial charge in [-0.15, -0.1) is 13.2 Å². The first-order valence-corrected chi connectivity index (χ1v) is 8.84. The Bertz CT molecular complexity index is 1060. The monoisotopic (exact) mass is 420 g/mol. The summed E-state index contributed by atoms with van der Waals surface area (Å²) in [5.74, 6) is -2.02. The van der Waals surface area contributed by atoms with Crippen molar-refractivity contribution >= 4 is 29.2 Å². The molecular weight excluding hydrogens is 405 g/mol. The Morgan fingerprint density at radius 2 is 1.87 bits per heavy atom. The van der Waals surface area contributed by atoms with E-state index in [1.165, 1.54) is 35.5 Å². The Kier molecular flexibility index (Phi) is 4.22. The number of amides is 4. The fraction of sp³-hybridized carbons (Fsp3) is 0.263. The number of carbonyl (C=O) groups is 3. The van der Waals surface area contributed by atoms with Gasteiger partial charge >= 0.3 is 12.4 Å².